The van der Waals surface area contributed by atoms with Crippen molar-refractivity contribution in [3.63, 3.8) is 0 Å². The molecule has 0 unspecified atom stereocenters. The number of benzene rings is 1. The molecule has 1 aliphatic rings. The molecule has 69 valence electrons. The number of rotatable bonds is 2. The van der Waals surface area contributed by atoms with Gasteiger partial charge in [0.1, 0.15) is 0 Å². The van der Waals surface area contributed by atoms with Gasteiger partial charge in [0.15, 0.2) is 0 Å². The fourth-order valence-electron chi connectivity index (χ4n) is 1.65. The molecule has 0 aromatic heterocycles. The summed E-state index contributed by atoms with van der Waals surface area (Å²) in [6.07, 6.45) is 0. The van der Waals surface area contributed by atoms with Crippen LogP contribution in [0.3, 0.4) is 0 Å². The minimum atomic E-state index is 1.01. The van der Waals surface area contributed by atoms with Crippen LogP contribution in [0.4, 0.5) is 0 Å². The minimum Gasteiger partial charge on any atom is -0.296 e. The second-order valence-electron chi connectivity index (χ2n) is 3.43. The topological polar surface area (TPSA) is 17.3 Å². The van der Waals surface area contributed by atoms with Crippen molar-refractivity contribution in [3.8, 4) is 0 Å². The molecule has 2 heteroatoms. The van der Waals surface area contributed by atoms with Crippen LogP contribution in [0.15, 0.2) is 30.3 Å². The summed E-state index contributed by atoms with van der Waals surface area (Å²) < 4.78 is 0. The molecule has 2 rings (SSSR count). The van der Waals surface area contributed by atoms with Crippen molar-refractivity contribution in [2.45, 2.75) is 6.54 Å². The Morgan fingerprint density at radius 2 is 1.77 bits per heavy atom. The summed E-state index contributed by atoms with van der Waals surface area (Å²) in [5.74, 6) is 0. The Bertz CT molecular complexity index is 240. The average molecular weight is 175 g/mol. The van der Waals surface area contributed by atoms with E-state index in [0.29, 0.717) is 0 Å². The molecule has 0 N–H and O–H groups in total. The lowest BCUT2D eigenvalue weighted by atomic mass is 10.2. The standard InChI is InChI=1S/C11H15N2/c1-2-4-11(5-3-1)10-13-8-6-12-7-9-13/h1-5H,6-10H2. The van der Waals surface area contributed by atoms with Gasteiger partial charge in [-0.1, -0.05) is 30.3 Å². The zero-order valence-corrected chi connectivity index (χ0v) is 7.82. The van der Waals surface area contributed by atoms with Gasteiger partial charge >= 0.3 is 0 Å². The molecule has 0 spiro atoms. The smallest absolute Gasteiger partial charge is 0.0261 e. The van der Waals surface area contributed by atoms with E-state index in [1.165, 1.54) is 5.56 Å². The second-order valence-corrected chi connectivity index (χ2v) is 3.43. The van der Waals surface area contributed by atoms with E-state index < -0.39 is 0 Å². The Hall–Kier alpha value is -0.860. The van der Waals surface area contributed by atoms with Gasteiger partial charge in [0.25, 0.3) is 0 Å². The fourth-order valence-corrected chi connectivity index (χ4v) is 1.65. The van der Waals surface area contributed by atoms with E-state index in [0.717, 1.165) is 32.7 Å². The van der Waals surface area contributed by atoms with Gasteiger partial charge in [0.2, 0.25) is 0 Å². The lowest BCUT2D eigenvalue weighted by Gasteiger charge is -2.26. The highest BCUT2D eigenvalue weighted by atomic mass is 15.2. The molecular formula is C11H15N2. The van der Waals surface area contributed by atoms with Gasteiger partial charge in [-0.3, -0.25) is 4.90 Å². The largest absolute Gasteiger partial charge is 0.296 e. The van der Waals surface area contributed by atoms with E-state index >= 15 is 0 Å². The molecule has 0 amide bonds. The average Bonchev–Trinajstić information content (AvgIpc) is 2.21. The molecule has 1 fully saturated rings. The maximum absolute atomic E-state index is 4.33. The third kappa shape index (κ3) is 2.54. The van der Waals surface area contributed by atoms with Gasteiger partial charge in [-0.15, -0.1) is 0 Å². The van der Waals surface area contributed by atoms with Crippen LogP contribution in [0.1, 0.15) is 5.56 Å². The van der Waals surface area contributed by atoms with Crippen LogP contribution >= 0.6 is 0 Å². The third-order valence-corrected chi connectivity index (χ3v) is 2.40. The van der Waals surface area contributed by atoms with Crippen molar-refractivity contribution in [1.29, 1.82) is 0 Å². The van der Waals surface area contributed by atoms with E-state index in [4.69, 9.17) is 0 Å². The zero-order valence-electron chi connectivity index (χ0n) is 7.82. The molecule has 2 nitrogen and oxygen atoms in total. The Morgan fingerprint density at radius 3 is 2.46 bits per heavy atom. The highest BCUT2D eigenvalue weighted by Crippen LogP contribution is 2.04. The summed E-state index contributed by atoms with van der Waals surface area (Å²) >= 11 is 0. The van der Waals surface area contributed by atoms with Crippen molar-refractivity contribution in [1.82, 2.24) is 10.2 Å². The zero-order chi connectivity index (χ0) is 8.93. The number of piperazine rings is 1. The SMILES string of the molecule is c1ccc(CN2CC[N]CC2)cc1. The van der Waals surface area contributed by atoms with Gasteiger partial charge in [-0.25, -0.2) is 5.32 Å². The molecule has 0 bridgehead atoms. The summed E-state index contributed by atoms with van der Waals surface area (Å²) in [6.45, 7) is 5.33. The molecule has 1 heterocycles. The van der Waals surface area contributed by atoms with Crippen LogP contribution in [-0.4, -0.2) is 31.1 Å². The molecule has 13 heavy (non-hydrogen) atoms. The monoisotopic (exact) mass is 175 g/mol. The predicted molar refractivity (Wildman–Crippen MR) is 53.6 cm³/mol. The van der Waals surface area contributed by atoms with Crippen LogP contribution in [0.2, 0.25) is 0 Å². The fraction of sp³-hybridized carbons (Fsp3) is 0.455. The lowest BCUT2D eigenvalue weighted by molar-refractivity contribution is 0.231. The molecule has 0 aliphatic carbocycles. The van der Waals surface area contributed by atoms with Gasteiger partial charge in [-0.05, 0) is 5.56 Å². The van der Waals surface area contributed by atoms with Crippen LogP contribution < -0.4 is 5.32 Å². The minimum absolute atomic E-state index is 1.01. The molecule has 1 aromatic rings. The highest BCUT2D eigenvalue weighted by Gasteiger charge is 2.09. The van der Waals surface area contributed by atoms with E-state index in [-0.39, 0.29) is 0 Å². The molecule has 1 aromatic carbocycles. The van der Waals surface area contributed by atoms with E-state index in [1.807, 2.05) is 0 Å². The quantitative estimate of drug-likeness (QED) is 0.658. The maximum Gasteiger partial charge on any atom is 0.0261 e. The molecule has 0 atom stereocenters. The first kappa shape index (κ1) is 8.73. The lowest BCUT2D eigenvalue weighted by Crippen LogP contribution is -2.39. The number of nitrogens with zero attached hydrogens (tertiary/aromatic N) is 2. The Labute approximate surface area is 79.6 Å². The highest BCUT2D eigenvalue weighted by molar-refractivity contribution is 5.14. The van der Waals surface area contributed by atoms with Gasteiger partial charge in [0.05, 0.1) is 0 Å². The molecule has 0 saturated carbocycles. The summed E-state index contributed by atoms with van der Waals surface area (Å²) in [6, 6.07) is 10.6. The number of hydrogen-bond donors (Lipinski definition) is 0. The predicted octanol–water partition coefficient (Wildman–Crippen LogP) is 1.11. The van der Waals surface area contributed by atoms with Crippen molar-refractivity contribution >= 4 is 0 Å². The van der Waals surface area contributed by atoms with Crippen LogP contribution in [0, 0.1) is 0 Å². The van der Waals surface area contributed by atoms with Gasteiger partial charge in [0, 0.05) is 32.7 Å². The van der Waals surface area contributed by atoms with Crippen LogP contribution in [-0.2, 0) is 6.54 Å². The first-order chi connectivity index (χ1) is 6.45. The first-order valence-electron chi connectivity index (χ1n) is 4.85. The normalized spacial score (nSPS) is 18.8. The molecule has 1 aliphatic heterocycles. The van der Waals surface area contributed by atoms with Crippen molar-refractivity contribution in [3.05, 3.63) is 35.9 Å². The van der Waals surface area contributed by atoms with Gasteiger partial charge < -0.3 is 0 Å². The Kier molecular flexibility index (Phi) is 2.95. The van der Waals surface area contributed by atoms with Crippen LogP contribution in [0.25, 0.3) is 0 Å². The first-order valence-corrected chi connectivity index (χ1v) is 4.85. The summed E-state index contributed by atoms with van der Waals surface area (Å²) in [4.78, 5) is 2.46. The van der Waals surface area contributed by atoms with Gasteiger partial charge in [-0.2, -0.15) is 0 Å². The summed E-state index contributed by atoms with van der Waals surface area (Å²) in [5.41, 5.74) is 1.41. The van der Waals surface area contributed by atoms with Crippen LogP contribution in [0.5, 0.6) is 0 Å². The Balaban J connectivity index is 1.90. The summed E-state index contributed by atoms with van der Waals surface area (Å²) in [5, 5.41) is 4.33. The maximum atomic E-state index is 4.33. The second kappa shape index (κ2) is 4.40. The van der Waals surface area contributed by atoms with Crippen molar-refractivity contribution in [2.24, 2.45) is 0 Å². The molecule has 1 saturated heterocycles. The van der Waals surface area contributed by atoms with E-state index in [1.54, 1.807) is 0 Å². The van der Waals surface area contributed by atoms with E-state index in [9.17, 15) is 0 Å². The van der Waals surface area contributed by atoms with Crippen molar-refractivity contribution < 1.29 is 0 Å². The third-order valence-electron chi connectivity index (χ3n) is 2.40. The summed E-state index contributed by atoms with van der Waals surface area (Å²) in [7, 11) is 0. The van der Waals surface area contributed by atoms with Crippen molar-refractivity contribution in [2.75, 3.05) is 26.2 Å². The Morgan fingerprint density at radius 1 is 1.08 bits per heavy atom. The number of hydrogen-bond acceptors (Lipinski definition) is 1. The molecular weight excluding hydrogens is 160 g/mol. The molecule has 1 radical (unpaired) electrons. The van der Waals surface area contributed by atoms with E-state index in [2.05, 4.69) is 40.5 Å².